The van der Waals surface area contributed by atoms with Gasteiger partial charge in [-0.05, 0) is 32.4 Å². The van der Waals surface area contributed by atoms with Crippen molar-refractivity contribution < 1.29 is 14.3 Å². The van der Waals surface area contributed by atoms with Crippen molar-refractivity contribution in [2.75, 3.05) is 0 Å². The van der Waals surface area contributed by atoms with Crippen LogP contribution in [0, 0.1) is 26.6 Å². The van der Waals surface area contributed by atoms with Gasteiger partial charge < -0.3 is 15.7 Å². The van der Waals surface area contributed by atoms with E-state index in [1.165, 1.54) is 6.07 Å². The monoisotopic (exact) mass is 289 g/mol. The molecule has 0 radical (unpaired) electrons. The van der Waals surface area contributed by atoms with Gasteiger partial charge in [0.05, 0.1) is 11.3 Å². The molecular weight excluding hydrogens is 273 g/mol. The maximum atomic E-state index is 13.6. The number of nitrogens with zero attached hydrogens (tertiary/aromatic N) is 2. The maximum absolute atomic E-state index is 13.6. The van der Waals surface area contributed by atoms with E-state index in [4.69, 9.17) is 15.7 Å². The van der Waals surface area contributed by atoms with Crippen LogP contribution >= 0.6 is 0 Å². The third-order valence-corrected chi connectivity index (χ3v) is 3.03. The van der Waals surface area contributed by atoms with Crippen LogP contribution in [-0.2, 0) is 0 Å². The summed E-state index contributed by atoms with van der Waals surface area (Å²) in [6, 6.07) is 6.21. The van der Waals surface area contributed by atoms with Gasteiger partial charge in [-0.15, -0.1) is 0 Å². The van der Waals surface area contributed by atoms with Crippen molar-refractivity contribution in [2.45, 2.75) is 20.8 Å². The highest BCUT2D eigenvalue weighted by Gasteiger charge is 2.15. The average Bonchev–Trinajstić information content (AvgIpc) is 2.41. The summed E-state index contributed by atoms with van der Waals surface area (Å²) in [6.45, 7) is 5.19. The first kappa shape index (κ1) is 14.8. The number of hydrogen-bond donors (Lipinski definition) is 2. The second-order valence-electron chi connectivity index (χ2n) is 4.72. The van der Waals surface area contributed by atoms with Crippen LogP contribution in [0.2, 0.25) is 0 Å². The lowest BCUT2D eigenvalue weighted by Crippen LogP contribution is -2.17. The van der Waals surface area contributed by atoms with Crippen LogP contribution in [0.25, 0.3) is 0 Å². The third-order valence-electron chi connectivity index (χ3n) is 3.03. The number of amidine groups is 1. The molecule has 2 rings (SSSR count). The summed E-state index contributed by atoms with van der Waals surface area (Å²) in [7, 11) is 0. The fraction of sp³-hybridized carbons (Fsp3) is 0.200. The van der Waals surface area contributed by atoms with E-state index in [0.29, 0.717) is 34.0 Å². The molecule has 0 atom stereocenters. The van der Waals surface area contributed by atoms with Crippen LogP contribution in [0.3, 0.4) is 0 Å². The second kappa shape index (κ2) is 5.78. The molecule has 5 nitrogen and oxygen atoms in total. The van der Waals surface area contributed by atoms with E-state index in [0.717, 1.165) is 0 Å². The lowest BCUT2D eigenvalue weighted by atomic mass is 10.1. The largest absolute Gasteiger partial charge is 0.456 e. The molecule has 0 saturated carbocycles. The van der Waals surface area contributed by atoms with Gasteiger partial charge >= 0.3 is 0 Å². The lowest BCUT2D eigenvalue weighted by molar-refractivity contribution is 0.318. The summed E-state index contributed by atoms with van der Waals surface area (Å²) in [5.41, 5.74) is 7.84. The fourth-order valence-corrected chi connectivity index (χ4v) is 2.00. The Bertz CT molecular complexity index is 714. The van der Waals surface area contributed by atoms with Crippen molar-refractivity contribution in [2.24, 2.45) is 10.9 Å². The van der Waals surface area contributed by atoms with Crippen LogP contribution in [0.15, 0.2) is 29.4 Å². The number of aromatic nitrogens is 1. The first-order valence-electron chi connectivity index (χ1n) is 6.32. The van der Waals surface area contributed by atoms with E-state index >= 15 is 0 Å². The number of benzene rings is 1. The summed E-state index contributed by atoms with van der Waals surface area (Å²) in [5.74, 6) is 0.219. The molecule has 0 spiro atoms. The Morgan fingerprint density at radius 3 is 2.62 bits per heavy atom. The first-order chi connectivity index (χ1) is 9.92. The van der Waals surface area contributed by atoms with E-state index < -0.39 is 0 Å². The van der Waals surface area contributed by atoms with E-state index in [1.807, 2.05) is 0 Å². The fourth-order valence-electron chi connectivity index (χ4n) is 2.00. The smallest absolute Gasteiger partial charge is 0.175 e. The Morgan fingerprint density at radius 1 is 1.29 bits per heavy atom. The minimum absolute atomic E-state index is 0.109. The number of ether oxygens (including phenoxy) is 1. The molecule has 0 unspecified atom stereocenters. The minimum atomic E-state index is -0.361. The van der Waals surface area contributed by atoms with E-state index in [-0.39, 0.29) is 11.7 Å². The first-order valence-corrected chi connectivity index (χ1v) is 6.32. The maximum Gasteiger partial charge on any atom is 0.175 e. The molecule has 0 bridgehead atoms. The number of oxime groups is 1. The predicted molar refractivity (Wildman–Crippen MR) is 77.4 cm³/mol. The summed E-state index contributed by atoms with van der Waals surface area (Å²) < 4.78 is 19.3. The van der Waals surface area contributed by atoms with Crippen molar-refractivity contribution in [3.8, 4) is 11.5 Å². The molecule has 0 fully saturated rings. The molecule has 0 aliphatic carbocycles. The van der Waals surface area contributed by atoms with E-state index in [9.17, 15) is 4.39 Å². The number of pyridine rings is 1. The van der Waals surface area contributed by atoms with Gasteiger partial charge in [0.25, 0.3) is 0 Å². The molecule has 1 aromatic heterocycles. The summed E-state index contributed by atoms with van der Waals surface area (Å²) >= 11 is 0. The Hall–Kier alpha value is -2.63. The van der Waals surface area contributed by atoms with Crippen molar-refractivity contribution in [1.29, 1.82) is 0 Å². The minimum Gasteiger partial charge on any atom is -0.456 e. The molecule has 0 aliphatic rings. The van der Waals surface area contributed by atoms with Crippen LogP contribution in [0.1, 0.15) is 22.5 Å². The molecule has 6 heteroatoms. The van der Waals surface area contributed by atoms with Crippen LogP contribution in [-0.4, -0.2) is 16.0 Å². The summed E-state index contributed by atoms with van der Waals surface area (Å²) in [6.07, 6.45) is 0. The van der Waals surface area contributed by atoms with Crippen molar-refractivity contribution >= 4 is 5.84 Å². The number of nitrogens with two attached hydrogens (primary N) is 1. The summed E-state index contributed by atoms with van der Waals surface area (Å²) in [4.78, 5) is 4.25. The number of aryl methyl sites for hydroxylation is 3. The number of halogens is 1. The van der Waals surface area contributed by atoms with Gasteiger partial charge in [-0.3, -0.25) is 4.98 Å². The quantitative estimate of drug-likeness (QED) is 0.394. The molecule has 2 aromatic rings. The van der Waals surface area contributed by atoms with Gasteiger partial charge in [-0.2, -0.15) is 0 Å². The normalized spacial score (nSPS) is 11.5. The molecule has 0 aliphatic heterocycles. The van der Waals surface area contributed by atoms with Crippen molar-refractivity contribution in [1.82, 2.24) is 4.98 Å². The van der Waals surface area contributed by atoms with E-state index in [1.54, 1.807) is 39.0 Å². The van der Waals surface area contributed by atoms with Crippen molar-refractivity contribution in [3.05, 3.63) is 52.6 Å². The topological polar surface area (TPSA) is 80.7 Å². The zero-order valence-corrected chi connectivity index (χ0v) is 12.0. The SMILES string of the molecule is Cc1cc(Oc2ccc(C)c(F)c2)c(/C(N)=N/O)c(C)n1. The number of rotatable bonds is 3. The Kier molecular flexibility index (Phi) is 4.07. The predicted octanol–water partition coefficient (Wildman–Crippen LogP) is 3.03. The van der Waals surface area contributed by atoms with Crippen molar-refractivity contribution in [3.63, 3.8) is 0 Å². The Morgan fingerprint density at radius 2 is 2.00 bits per heavy atom. The van der Waals surface area contributed by atoms with Crippen LogP contribution in [0.4, 0.5) is 4.39 Å². The van der Waals surface area contributed by atoms with Gasteiger partial charge in [-0.25, -0.2) is 4.39 Å². The third kappa shape index (κ3) is 3.10. The zero-order chi connectivity index (χ0) is 15.6. The lowest BCUT2D eigenvalue weighted by Gasteiger charge is -2.13. The number of hydrogen-bond acceptors (Lipinski definition) is 4. The molecular formula is C15H16FN3O2. The zero-order valence-electron chi connectivity index (χ0n) is 12.0. The van der Waals surface area contributed by atoms with Gasteiger partial charge in [0.15, 0.2) is 5.84 Å². The molecule has 1 heterocycles. The molecule has 21 heavy (non-hydrogen) atoms. The van der Waals surface area contributed by atoms with E-state index in [2.05, 4.69) is 10.1 Å². The Balaban J connectivity index is 2.50. The van der Waals surface area contributed by atoms with Crippen LogP contribution in [0.5, 0.6) is 11.5 Å². The van der Waals surface area contributed by atoms with Gasteiger partial charge in [0.1, 0.15) is 17.3 Å². The average molecular weight is 289 g/mol. The van der Waals surface area contributed by atoms with Crippen LogP contribution < -0.4 is 10.5 Å². The molecule has 0 saturated heterocycles. The van der Waals surface area contributed by atoms with Gasteiger partial charge in [-0.1, -0.05) is 11.2 Å². The Labute approximate surface area is 121 Å². The molecule has 3 N–H and O–H groups in total. The molecule has 0 amide bonds. The second-order valence-corrected chi connectivity index (χ2v) is 4.72. The van der Waals surface area contributed by atoms with Gasteiger partial charge in [0.2, 0.25) is 0 Å². The highest BCUT2D eigenvalue weighted by molar-refractivity contribution is 6.00. The molecule has 1 aromatic carbocycles. The molecule has 110 valence electrons. The van der Waals surface area contributed by atoms with Gasteiger partial charge in [0, 0.05) is 17.8 Å². The highest BCUT2D eigenvalue weighted by Crippen LogP contribution is 2.28. The highest BCUT2D eigenvalue weighted by atomic mass is 19.1. The summed E-state index contributed by atoms with van der Waals surface area (Å²) in [5, 5.41) is 11.9. The standard InChI is InChI=1S/C15H16FN3O2/c1-8-4-5-11(7-12(8)16)21-13-6-9(2)18-10(3)14(13)15(17)19-20/h4-7,20H,1-3H3,(H2,17,19).